The molecular formula is C12H13N5O2. The Morgan fingerprint density at radius 1 is 1.05 bits per heavy atom. The predicted octanol–water partition coefficient (Wildman–Crippen LogP) is 0.604. The molecular weight excluding hydrogens is 246 g/mol. The number of hydrogen-bond donors (Lipinski definition) is 2. The van der Waals surface area contributed by atoms with Gasteiger partial charge in [0, 0.05) is 5.69 Å². The molecule has 0 atom stereocenters. The maximum atomic E-state index is 11.7. The van der Waals surface area contributed by atoms with Gasteiger partial charge in [0.15, 0.2) is 0 Å². The summed E-state index contributed by atoms with van der Waals surface area (Å²) in [5.41, 5.74) is 5.04. The summed E-state index contributed by atoms with van der Waals surface area (Å²) in [5.74, 6) is -1.55. The first-order valence-electron chi connectivity index (χ1n) is 5.60. The van der Waals surface area contributed by atoms with Gasteiger partial charge in [-0.05, 0) is 37.1 Å². The van der Waals surface area contributed by atoms with Crippen LogP contribution in [0.3, 0.4) is 0 Å². The number of amides is 2. The SMILES string of the molecule is Cc1ccc(NC(=O)C(=O)Nn2cnnc2)cc1C. The van der Waals surface area contributed by atoms with E-state index in [0.29, 0.717) is 5.69 Å². The molecule has 2 amide bonds. The topological polar surface area (TPSA) is 88.9 Å². The van der Waals surface area contributed by atoms with E-state index >= 15 is 0 Å². The zero-order valence-corrected chi connectivity index (χ0v) is 10.5. The van der Waals surface area contributed by atoms with E-state index < -0.39 is 11.8 Å². The Morgan fingerprint density at radius 3 is 2.37 bits per heavy atom. The van der Waals surface area contributed by atoms with Gasteiger partial charge in [-0.1, -0.05) is 6.07 Å². The molecule has 7 heteroatoms. The molecule has 0 unspecified atom stereocenters. The van der Waals surface area contributed by atoms with Crippen LogP contribution in [0.25, 0.3) is 0 Å². The van der Waals surface area contributed by atoms with Crippen LogP contribution in [0.1, 0.15) is 11.1 Å². The molecule has 0 radical (unpaired) electrons. The molecule has 2 N–H and O–H groups in total. The number of aromatic nitrogens is 3. The Morgan fingerprint density at radius 2 is 1.74 bits per heavy atom. The molecule has 0 aliphatic heterocycles. The maximum Gasteiger partial charge on any atom is 0.328 e. The minimum atomic E-state index is -0.793. The smallest absolute Gasteiger partial charge is 0.318 e. The number of carbonyl (C=O) groups excluding carboxylic acids is 2. The summed E-state index contributed by atoms with van der Waals surface area (Å²) in [5, 5.41) is 9.53. The van der Waals surface area contributed by atoms with Crippen molar-refractivity contribution in [1.82, 2.24) is 14.9 Å². The lowest BCUT2D eigenvalue weighted by atomic mass is 10.1. The number of nitrogens with one attached hydrogen (secondary N) is 2. The van der Waals surface area contributed by atoms with Crippen molar-refractivity contribution in [1.29, 1.82) is 0 Å². The second-order valence-electron chi connectivity index (χ2n) is 4.06. The molecule has 7 nitrogen and oxygen atoms in total. The molecule has 0 bridgehead atoms. The van der Waals surface area contributed by atoms with E-state index in [0.717, 1.165) is 11.1 Å². The Balaban J connectivity index is 2.00. The van der Waals surface area contributed by atoms with Gasteiger partial charge in [-0.15, -0.1) is 10.2 Å². The highest BCUT2D eigenvalue weighted by Gasteiger charge is 2.14. The summed E-state index contributed by atoms with van der Waals surface area (Å²) in [6, 6.07) is 5.42. The fourth-order valence-corrected chi connectivity index (χ4v) is 1.43. The van der Waals surface area contributed by atoms with Crippen LogP contribution in [0.4, 0.5) is 5.69 Å². The van der Waals surface area contributed by atoms with Crippen LogP contribution in [0, 0.1) is 13.8 Å². The fraction of sp³-hybridized carbons (Fsp3) is 0.167. The lowest BCUT2D eigenvalue weighted by Crippen LogP contribution is -2.33. The van der Waals surface area contributed by atoms with Crippen molar-refractivity contribution in [3.05, 3.63) is 42.0 Å². The van der Waals surface area contributed by atoms with Crippen LogP contribution in [0.5, 0.6) is 0 Å². The van der Waals surface area contributed by atoms with Crippen molar-refractivity contribution >= 4 is 17.5 Å². The molecule has 98 valence electrons. The summed E-state index contributed by atoms with van der Waals surface area (Å²) in [6.45, 7) is 3.90. The third kappa shape index (κ3) is 3.15. The molecule has 19 heavy (non-hydrogen) atoms. The molecule has 1 heterocycles. The second kappa shape index (κ2) is 5.30. The van der Waals surface area contributed by atoms with Crippen LogP contribution in [-0.4, -0.2) is 26.7 Å². The standard InChI is InChI=1S/C12H13N5O2/c1-8-3-4-10(5-9(8)2)15-11(18)12(19)16-17-6-13-14-7-17/h3-7H,1-2H3,(H,15,18)(H,16,19). The highest BCUT2D eigenvalue weighted by molar-refractivity contribution is 6.42. The average Bonchev–Trinajstić information content (AvgIpc) is 2.86. The van der Waals surface area contributed by atoms with E-state index in [-0.39, 0.29) is 0 Å². The molecule has 0 fully saturated rings. The van der Waals surface area contributed by atoms with E-state index in [9.17, 15) is 9.59 Å². The first-order valence-corrected chi connectivity index (χ1v) is 5.60. The lowest BCUT2D eigenvalue weighted by Gasteiger charge is -2.08. The van der Waals surface area contributed by atoms with Crippen LogP contribution in [-0.2, 0) is 9.59 Å². The first-order chi connectivity index (χ1) is 9.06. The van der Waals surface area contributed by atoms with Gasteiger partial charge >= 0.3 is 11.8 Å². The average molecular weight is 259 g/mol. The molecule has 0 saturated carbocycles. The van der Waals surface area contributed by atoms with Crippen LogP contribution in [0.15, 0.2) is 30.9 Å². The molecule has 0 saturated heterocycles. The van der Waals surface area contributed by atoms with Gasteiger partial charge in [-0.25, -0.2) is 4.68 Å². The Labute approximate surface area is 109 Å². The number of anilines is 1. The second-order valence-corrected chi connectivity index (χ2v) is 4.06. The number of nitrogens with zero attached hydrogens (tertiary/aromatic N) is 3. The summed E-state index contributed by atoms with van der Waals surface area (Å²) in [6.07, 6.45) is 2.56. The number of benzene rings is 1. The van der Waals surface area contributed by atoms with Crippen molar-refractivity contribution in [3.8, 4) is 0 Å². The summed E-state index contributed by atoms with van der Waals surface area (Å²) in [4.78, 5) is 23.2. The summed E-state index contributed by atoms with van der Waals surface area (Å²) >= 11 is 0. The number of carbonyl (C=O) groups is 2. The van der Waals surface area contributed by atoms with Crippen molar-refractivity contribution < 1.29 is 9.59 Å². The third-order valence-electron chi connectivity index (χ3n) is 2.62. The Hall–Kier alpha value is -2.70. The number of hydrogen-bond acceptors (Lipinski definition) is 4. The van der Waals surface area contributed by atoms with Crippen molar-refractivity contribution in [2.45, 2.75) is 13.8 Å². The van der Waals surface area contributed by atoms with Gasteiger partial charge in [0.1, 0.15) is 12.7 Å². The highest BCUT2D eigenvalue weighted by atomic mass is 16.2. The van der Waals surface area contributed by atoms with Gasteiger partial charge in [0.2, 0.25) is 0 Å². The van der Waals surface area contributed by atoms with Gasteiger partial charge in [0.25, 0.3) is 0 Å². The first kappa shape index (κ1) is 12.7. The molecule has 0 spiro atoms. The molecule has 1 aromatic carbocycles. The zero-order chi connectivity index (χ0) is 13.8. The predicted molar refractivity (Wildman–Crippen MR) is 68.9 cm³/mol. The van der Waals surface area contributed by atoms with Gasteiger partial charge in [-0.2, -0.15) is 0 Å². The molecule has 0 aliphatic rings. The van der Waals surface area contributed by atoms with E-state index in [2.05, 4.69) is 20.9 Å². The van der Waals surface area contributed by atoms with Crippen molar-refractivity contribution in [2.24, 2.45) is 0 Å². The third-order valence-corrected chi connectivity index (χ3v) is 2.62. The molecule has 2 aromatic rings. The minimum absolute atomic E-state index is 0.576. The minimum Gasteiger partial charge on any atom is -0.318 e. The van der Waals surface area contributed by atoms with Gasteiger partial charge in [0.05, 0.1) is 0 Å². The molecule has 0 aliphatic carbocycles. The maximum absolute atomic E-state index is 11.7. The molecule has 2 rings (SSSR count). The zero-order valence-electron chi connectivity index (χ0n) is 10.5. The molecule has 1 aromatic heterocycles. The van der Waals surface area contributed by atoms with Crippen LogP contribution < -0.4 is 10.7 Å². The Bertz CT molecular complexity index is 607. The van der Waals surface area contributed by atoms with Crippen molar-refractivity contribution in [2.75, 3.05) is 10.7 Å². The summed E-state index contributed by atoms with van der Waals surface area (Å²) < 4.78 is 1.20. The largest absolute Gasteiger partial charge is 0.328 e. The lowest BCUT2D eigenvalue weighted by molar-refractivity contribution is -0.133. The van der Waals surface area contributed by atoms with E-state index in [4.69, 9.17) is 0 Å². The Kier molecular flexibility index (Phi) is 3.56. The van der Waals surface area contributed by atoms with Crippen molar-refractivity contribution in [3.63, 3.8) is 0 Å². The van der Waals surface area contributed by atoms with E-state index in [1.165, 1.54) is 17.3 Å². The van der Waals surface area contributed by atoms with Gasteiger partial charge < -0.3 is 5.32 Å². The fourth-order valence-electron chi connectivity index (χ4n) is 1.43. The van der Waals surface area contributed by atoms with Crippen LogP contribution >= 0.6 is 0 Å². The summed E-state index contributed by atoms with van der Waals surface area (Å²) in [7, 11) is 0. The monoisotopic (exact) mass is 259 g/mol. The number of rotatable bonds is 2. The van der Waals surface area contributed by atoms with Crippen LogP contribution in [0.2, 0.25) is 0 Å². The van der Waals surface area contributed by atoms with Gasteiger partial charge in [-0.3, -0.25) is 15.0 Å². The van der Waals surface area contributed by atoms with E-state index in [1.807, 2.05) is 19.9 Å². The highest BCUT2D eigenvalue weighted by Crippen LogP contribution is 2.13. The quantitative estimate of drug-likeness (QED) is 0.773. The van der Waals surface area contributed by atoms with E-state index in [1.54, 1.807) is 12.1 Å². The number of aryl methyl sites for hydroxylation is 2. The normalized spacial score (nSPS) is 10.0.